The summed E-state index contributed by atoms with van der Waals surface area (Å²) < 4.78 is 2.38. The van der Waals surface area contributed by atoms with E-state index in [1.54, 1.807) is 0 Å². The van der Waals surface area contributed by atoms with Crippen molar-refractivity contribution in [3.8, 4) is 0 Å². The molecule has 0 unspecified atom stereocenters. The molecule has 0 radical (unpaired) electrons. The van der Waals surface area contributed by atoms with Crippen molar-refractivity contribution in [2.24, 2.45) is 0 Å². The quantitative estimate of drug-likeness (QED) is 0.590. The average Bonchev–Trinajstić information content (AvgIpc) is 2.80. The topological polar surface area (TPSA) is 4.93 Å². The van der Waals surface area contributed by atoms with Crippen LogP contribution in [0.4, 0.5) is 0 Å². The molecule has 1 nitrogen and oxygen atoms in total. The van der Waals surface area contributed by atoms with Crippen LogP contribution in [0.3, 0.4) is 0 Å². The molecule has 20 heavy (non-hydrogen) atoms. The molecule has 0 saturated heterocycles. The molecule has 0 spiro atoms. The Kier molecular flexibility index (Phi) is 4.62. The van der Waals surface area contributed by atoms with Crippen molar-refractivity contribution in [2.45, 2.75) is 34.2 Å². The van der Waals surface area contributed by atoms with Gasteiger partial charge in [0.1, 0.15) is 0 Å². The van der Waals surface area contributed by atoms with E-state index in [-0.39, 0.29) is 0 Å². The number of hydrogen-bond acceptors (Lipinski definition) is 0. The number of para-hydroxylation sites is 1. The van der Waals surface area contributed by atoms with Gasteiger partial charge in [0.25, 0.3) is 0 Å². The minimum Gasteiger partial charge on any atom is -0.340 e. The molecule has 0 aliphatic rings. The lowest BCUT2D eigenvalue weighted by Crippen LogP contribution is -2.01. The normalized spacial score (nSPS) is 10.2. The molecule has 3 aromatic rings. The predicted molar refractivity (Wildman–Crippen MR) is 88.3 cm³/mol. The van der Waals surface area contributed by atoms with Crippen LogP contribution >= 0.6 is 0 Å². The molecular formula is C19H23N. The summed E-state index contributed by atoms with van der Waals surface area (Å²) in [5, 5.41) is 1.32. The second-order valence-corrected chi connectivity index (χ2v) is 4.92. The lowest BCUT2D eigenvalue weighted by atomic mass is 10.1. The minimum atomic E-state index is 0.944. The van der Waals surface area contributed by atoms with E-state index in [9.17, 15) is 0 Å². The molecule has 0 atom stereocenters. The van der Waals surface area contributed by atoms with Crippen LogP contribution in [0.25, 0.3) is 10.9 Å². The van der Waals surface area contributed by atoms with E-state index in [2.05, 4.69) is 73.0 Å². The van der Waals surface area contributed by atoms with Gasteiger partial charge in [0, 0.05) is 17.8 Å². The van der Waals surface area contributed by atoms with Gasteiger partial charge in [-0.3, -0.25) is 0 Å². The molecular weight excluding hydrogens is 242 g/mol. The maximum absolute atomic E-state index is 2.38. The van der Waals surface area contributed by atoms with E-state index in [1.165, 1.54) is 27.7 Å². The largest absolute Gasteiger partial charge is 0.340 e. The highest BCUT2D eigenvalue weighted by Crippen LogP contribution is 2.20. The average molecular weight is 265 g/mol. The molecule has 0 saturated carbocycles. The molecule has 1 aromatic heterocycles. The number of benzene rings is 2. The fourth-order valence-corrected chi connectivity index (χ4v) is 2.43. The summed E-state index contributed by atoms with van der Waals surface area (Å²) in [4.78, 5) is 0. The molecule has 0 fully saturated rings. The highest BCUT2D eigenvalue weighted by atomic mass is 15.0. The van der Waals surface area contributed by atoms with Gasteiger partial charge < -0.3 is 4.57 Å². The maximum Gasteiger partial charge on any atom is 0.0485 e. The highest BCUT2D eigenvalue weighted by molar-refractivity contribution is 5.81. The van der Waals surface area contributed by atoms with Gasteiger partial charge in [-0.05, 0) is 36.9 Å². The second kappa shape index (κ2) is 6.42. The van der Waals surface area contributed by atoms with E-state index in [4.69, 9.17) is 0 Å². The lowest BCUT2D eigenvalue weighted by Gasteiger charge is -2.08. The van der Waals surface area contributed by atoms with Gasteiger partial charge in [0.05, 0.1) is 0 Å². The van der Waals surface area contributed by atoms with Crippen LogP contribution in [0.5, 0.6) is 0 Å². The molecule has 0 amide bonds. The Bertz CT molecular complexity index is 675. The highest BCUT2D eigenvalue weighted by Gasteiger charge is 2.05. The monoisotopic (exact) mass is 265 g/mol. The van der Waals surface area contributed by atoms with Crippen LogP contribution in [-0.4, -0.2) is 4.57 Å². The molecule has 0 aliphatic heterocycles. The molecule has 1 heteroatoms. The first kappa shape index (κ1) is 14.4. The number of aromatic nitrogens is 1. The predicted octanol–water partition coefficient (Wildman–Crippen LogP) is 5.33. The zero-order valence-corrected chi connectivity index (χ0v) is 12.9. The van der Waals surface area contributed by atoms with Crippen LogP contribution in [0.15, 0.2) is 54.6 Å². The molecule has 0 bridgehead atoms. The Hall–Kier alpha value is -2.02. The number of aryl methyl sites for hydroxylation is 2. The van der Waals surface area contributed by atoms with Gasteiger partial charge >= 0.3 is 0 Å². The fourth-order valence-electron chi connectivity index (χ4n) is 2.43. The number of rotatable bonds is 2. The fraction of sp³-hybridized carbons (Fsp3) is 0.263. The first-order valence-electron chi connectivity index (χ1n) is 7.34. The van der Waals surface area contributed by atoms with Crippen molar-refractivity contribution >= 4 is 10.9 Å². The van der Waals surface area contributed by atoms with Crippen LogP contribution in [-0.2, 0) is 6.54 Å². The summed E-state index contributed by atoms with van der Waals surface area (Å²) in [5.41, 5.74) is 5.30. The maximum atomic E-state index is 2.38. The first-order valence-corrected chi connectivity index (χ1v) is 7.34. The number of hydrogen-bond donors (Lipinski definition) is 0. The zero-order chi connectivity index (χ0) is 14.5. The third-order valence-corrected chi connectivity index (χ3v) is 3.48. The van der Waals surface area contributed by atoms with E-state index in [0.717, 1.165) is 6.54 Å². The van der Waals surface area contributed by atoms with Crippen molar-refractivity contribution in [3.63, 3.8) is 0 Å². The molecule has 3 rings (SSSR count). The molecule has 0 aliphatic carbocycles. The Morgan fingerprint density at radius 3 is 2.20 bits per heavy atom. The van der Waals surface area contributed by atoms with Crippen LogP contribution in [0.2, 0.25) is 0 Å². The Balaban J connectivity index is 0.000000704. The molecule has 104 valence electrons. The molecule has 2 aromatic carbocycles. The van der Waals surface area contributed by atoms with Gasteiger partial charge in [-0.2, -0.15) is 0 Å². The second-order valence-electron chi connectivity index (χ2n) is 4.92. The van der Waals surface area contributed by atoms with Crippen molar-refractivity contribution in [1.29, 1.82) is 0 Å². The third-order valence-electron chi connectivity index (χ3n) is 3.48. The first-order chi connectivity index (χ1) is 9.74. The van der Waals surface area contributed by atoms with E-state index >= 15 is 0 Å². The van der Waals surface area contributed by atoms with E-state index in [1.807, 2.05) is 13.8 Å². The summed E-state index contributed by atoms with van der Waals surface area (Å²) in [6, 6.07) is 19.6. The van der Waals surface area contributed by atoms with Gasteiger partial charge in [-0.1, -0.05) is 61.9 Å². The zero-order valence-electron chi connectivity index (χ0n) is 12.9. The summed E-state index contributed by atoms with van der Waals surface area (Å²) in [7, 11) is 0. The van der Waals surface area contributed by atoms with Gasteiger partial charge in [-0.25, -0.2) is 0 Å². The van der Waals surface area contributed by atoms with Gasteiger partial charge in [-0.15, -0.1) is 0 Å². The lowest BCUT2D eigenvalue weighted by molar-refractivity contribution is 0.805. The van der Waals surface area contributed by atoms with Crippen molar-refractivity contribution in [3.05, 3.63) is 71.4 Å². The van der Waals surface area contributed by atoms with Gasteiger partial charge in [0.15, 0.2) is 0 Å². The minimum absolute atomic E-state index is 0.944. The number of nitrogens with zero attached hydrogens (tertiary/aromatic N) is 1. The van der Waals surface area contributed by atoms with Crippen molar-refractivity contribution in [2.75, 3.05) is 0 Å². The Labute approximate surface area is 121 Å². The summed E-state index contributed by atoms with van der Waals surface area (Å²) >= 11 is 0. The third kappa shape index (κ3) is 2.93. The summed E-state index contributed by atoms with van der Waals surface area (Å²) in [6.07, 6.45) is 0. The van der Waals surface area contributed by atoms with Crippen molar-refractivity contribution in [1.82, 2.24) is 4.57 Å². The smallest absolute Gasteiger partial charge is 0.0485 e. The standard InChI is InChI=1S/C17H17N.C2H6/c1-13-7-9-15(10-8-13)12-18-14(2)11-16-5-3-4-6-17(16)18;1-2/h3-11H,12H2,1-2H3;1-2H3. The van der Waals surface area contributed by atoms with Crippen LogP contribution in [0.1, 0.15) is 30.7 Å². The van der Waals surface area contributed by atoms with Gasteiger partial charge in [0.2, 0.25) is 0 Å². The molecule has 0 N–H and O–H groups in total. The number of fused-ring (bicyclic) bond motifs is 1. The van der Waals surface area contributed by atoms with Crippen molar-refractivity contribution < 1.29 is 0 Å². The van der Waals surface area contributed by atoms with E-state index in [0.29, 0.717) is 0 Å². The van der Waals surface area contributed by atoms with Crippen LogP contribution in [0, 0.1) is 13.8 Å². The summed E-state index contributed by atoms with van der Waals surface area (Å²) in [5.74, 6) is 0. The summed E-state index contributed by atoms with van der Waals surface area (Å²) in [6.45, 7) is 9.24. The van der Waals surface area contributed by atoms with E-state index < -0.39 is 0 Å². The molecule has 1 heterocycles. The Morgan fingerprint density at radius 2 is 1.50 bits per heavy atom. The van der Waals surface area contributed by atoms with Crippen LogP contribution < -0.4 is 0 Å². The Morgan fingerprint density at radius 1 is 0.850 bits per heavy atom. The SMILES string of the molecule is CC.Cc1ccc(Cn2c(C)cc3ccccc32)cc1.